The van der Waals surface area contributed by atoms with Gasteiger partial charge < -0.3 is 9.64 Å². The summed E-state index contributed by atoms with van der Waals surface area (Å²) in [6.45, 7) is 4.00. The zero-order chi connectivity index (χ0) is 17.2. The molecule has 2 aromatic carbocycles. The zero-order valence-corrected chi connectivity index (χ0v) is 14.8. The molecule has 0 fully saturated rings. The van der Waals surface area contributed by atoms with Crippen LogP contribution in [0.15, 0.2) is 53.4 Å². The zero-order valence-electron chi connectivity index (χ0n) is 14.0. The number of hydrogen-bond donors (Lipinski definition) is 0. The van der Waals surface area contributed by atoms with E-state index in [1.54, 1.807) is 18.2 Å². The van der Waals surface area contributed by atoms with Crippen LogP contribution in [0.3, 0.4) is 0 Å². The van der Waals surface area contributed by atoms with Crippen molar-refractivity contribution in [2.24, 2.45) is 0 Å². The summed E-state index contributed by atoms with van der Waals surface area (Å²) in [6.07, 6.45) is 0. The van der Waals surface area contributed by atoms with E-state index in [1.165, 1.54) is 4.31 Å². The highest BCUT2D eigenvalue weighted by atomic mass is 32.2. The van der Waals surface area contributed by atoms with Gasteiger partial charge in [0.2, 0.25) is 10.0 Å². The Labute approximate surface area is 143 Å². The Balaban J connectivity index is 1.92. The highest BCUT2D eigenvalue weighted by Gasteiger charge is 2.26. The topological polar surface area (TPSA) is 49.9 Å². The molecule has 0 bridgehead atoms. The second-order valence-electron chi connectivity index (χ2n) is 5.82. The van der Waals surface area contributed by atoms with Crippen LogP contribution in [0.25, 0.3) is 0 Å². The highest BCUT2D eigenvalue weighted by molar-refractivity contribution is 7.89. The predicted octanol–water partition coefficient (Wildman–Crippen LogP) is 2.73. The van der Waals surface area contributed by atoms with E-state index in [1.807, 2.05) is 49.2 Å². The lowest BCUT2D eigenvalue weighted by Gasteiger charge is -2.28. The summed E-state index contributed by atoms with van der Waals surface area (Å²) in [6, 6.07) is 14.7. The first-order valence-electron chi connectivity index (χ1n) is 8.04. The number of benzene rings is 2. The number of likely N-dealkylation sites (N-methyl/N-ethyl adjacent to an activating group) is 1. The molecule has 0 saturated carbocycles. The molecule has 0 saturated heterocycles. The largest absolute Gasteiger partial charge is 0.490 e. The third kappa shape index (κ3) is 3.25. The summed E-state index contributed by atoms with van der Waals surface area (Å²) in [5.41, 5.74) is 1.79. The molecule has 0 N–H and O–H groups in total. The molecule has 3 rings (SSSR count). The quantitative estimate of drug-likeness (QED) is 0.835. The minimum atomic E-state index is -3.56. The molecule has 0 unspecified atom stereocenters. The number of hydrogen-bond acceptors (Lipinski definition) is 4. The van der Waals surface area contributed by atoms with Gasteiger partial charge in [-0.25, -0.2) is 8.42 Å². The fraction of sp³-hybridized carbons (Fsp3) is 0.333. The number of rotatable bonds is 5. The molecule has 0 amide bonds. The number of nitrogens with zero attached hydrogens (tertiary/aromatic N) is 2. The van der Waals surface area contributed by atoms with Gasteiger partial charge in [0.25, 0.3) is 0 Å². The molecule has 1 aliphatic rings. The third-order valence-corrected chi connectivity index (χ3v) is 6.13. The Kier molecular flexibility index (Phi) is 4.78. The van der Waals surface area contributed by atoms with Crippen LogP contribution in [0.2, 0.25) is 0 Å². The maximum Gasteiger partial charge on any atom is 0.243 e. The van der Waals surface area contributed by atoms with Crippen LogP contribution in [0, 0.1) is 0 Å². The van der Waals surface area contributed by atoms with Gasteiger partial charge in [-0.2, -0.15) is 4.31 Å². The smallest absolute Gasteiger partial charge is 0.243 e. The van der Waals surface area contributed by atoms with Crippen LogP contribution >= 0.6 is 0 Å². The fourth-order valence-electron chi connectivity index (χ4n) is 2.79. The average Bonchev–Trinajstić information content (AvgIpc) is 2.60. The van der Waals surface area contributed by atoms with Crippen molar-refractivity contribution in [3.05, 3.63) is 54.1 Å². The maximum atomic E-state index is 13.0. The van der Waals surface area contributed by atoms with Gasteiger partial charge in [0.1, 0.15) is 12.4 Å². The highest BCUT2D eigenvalue weighted by Crippen LogP contribution is 2.33. The van der Waals surface area contributed by atoms with Crippen molar-refractivity contribution in [2.45, 2.75) is 18.4 Å². The number of ether oxygens (including phenoxy) is 1. The predicted molar refractivity (Wildman–Crippen MR) is 94.9 cm³/mol. The molecule has 5 nitrogen and oxygen atoms in total. The standard InChI is InChI=1S/C18H22N2O3S/c1-3-20(14-15-7-5-4-6-8-15)24(21,22)16-9-10-18-17(13-16)19(2)11-12-23-18/h4-10,13H,3,11-12,14H2,1-2H3. The molecular weight excluding hydrogens is 324 g/mol. The van der Waals surface area contributed by atoms with E-state index in [2.05, 4.69) is 0 Å². The molecule has 2 aromatic rings. The monoisotopic (exact) mass is 346 g/mol. The molecule has 0 aromatic heterocycles. The molecule has 0 aliphatic carbocycles. The molecule has 0 spiro atoms. The minimum Gasteiger partial charge on any atom is -0.490 e. The van der Waals surface area contributed by atoms with Crippen molar-refractivity contribution >= 4 is 15.7 Å². The Morgan fingerprint density at radius 3 is 2.62 bits per heavy atom. The Hall–Kier alpha value is -2.05. The van der Waals surface area contributed by atoms with Gasteiger partial charge in [-0.15, -0.1) is 0 Å². The van der Waals surface area contributed by atoms with Crippen LogP contribution < -0.4 is 9.64 Å². The molecule has 128 valence electrons. The SMILES string of the molecule is CCN(Cc1ccccc1)S(=O)(=O)c1ccc2c(c1)N(C)CCO2. The Bertz CT molecular complexity index is 806. The van der Waals surface area contributed by atoms with Gasteiger partial charge in [-0.3, -0.25) is 0 Å². The van der Waals surface area contributed by atoms with Gasteiger partial charge in [0, 0.05) is 20.1 Å². The van der Waals surface area contributed by atoms with Gasteiger partial charge in [-0.1, -0.05) is 37.3 Å². The number of sulfonamides is 1. The van der Waals surface area contributed by atoms with Crippen molar-refractivity contribution in [2.75, 3.05) is 31.6 Å². The van der Waals surface area contributed by atoms with Crippen molar-refractivity contribution in [1.29, 1.82) is 0 Å². The lowest BCUT2D eigenvalue weighted by molar-refractivity contribution is 0.311. The molecule has 0 radical (unpaired) electrons. The van der Waals surface area contributed by atoms with Crippen molar-refractivity contribution < 1.29 is 13.2 Å². The van der Waals surface area contributed by atoms with Crippen molar-refractivity contribution in [3.63, 3.8) is 0 Å². The maximum absolute atomic E-state index is 13.0. The molecule has 6 heteroatoms. The van der Waals surface area contributed by atoms with Crippen LogP contribution in [-0.4, -0.2) is 39.5 Å². The van der Waals surface area contributed by atoms with Gasteiger partial charge in [0.15, 0.2) is 0 Å². The summed E-state index contributed by atoms with van der Waals surface area (Å²) in [5.74, 6) is 0.730. The molecule has 24 heavy (non-hydrogen) atoms. The molecule has 1 heterocycles. The second kappa shape index (κ2) is 6.83. The van der Waals surface area contributed by atoms with E-state index in [4.69, 9.17) is 4.74 Å². The second-order valence-corrected chi connectivity index (χ2v) is 7.75. The summed E-state index contributed by atoms with van der Waals surface area (Å²) in [4.78, 5) is 2.32. The first-order chi connectivity index (χ1) is 11.5. The van der Waals surface area contributed by atoms with Gasteiger partial charge in [0.05, 0.1) is 17.1 Å². The van der Waals surface area contributed by atoms with Crippen LogP contribution in [0.5, 0.6) is 5.75 Å². The van der Waals surface area contributed by atoms with E-state index >= 15 is 0 Å². The van der Waals surface area contributed by atoms with E-state index in [0.29, 0.717) is 24.6 Å². The summed E-state index contributed by atoms with van der Waals surface area (Å²) in [7, 11) is -1.61. The fourth-order valence-corrected chi connectivity index (χ4v) is 4.25. The Morgan fingerprint density at radius 1 is 1.17 bits per heavy atom. The number of anilines is 1. The average molecular weight is 346 g/mol. The summed E-state index contributed by atoms with van der Waals surface area (Å²) in [5, 5.41) is 0. The van der Waals surface area contributed by atoms with Crippen molar-refractivity contribution in [3.8, 4) is 5.75 Å². The molecule has 0 atom stereocenters. The van der Waals surface area contributed by atoms with Crippen molar-refractivity contribution in [1.82, 2.24) is 4.31 Å². The lowest BCUT2D eigenvalue weighted by atomic mass is 10.2. The van der Waals surface area contributed by atoms with Gasteiger partial charge in [-0.05, 0) is 23.8 Å². The van der Waals surface area contributed by atoms with Crippen LogP contribution in [0.4, 0.5) is 5.69 Å². The Morgan fingerprint density at radius 2 is 1.92 bits per heavy atom. The van der Waals surface area contributed by atoms with E-state index in [0.717, 1.165) is 23.5 Å². The first-order valence-corrected chi connectivity index (χ1v) is 9.48. The van der Waals surface area contributed by atoms with E-state index in [-0.39, 0.29) is 0 Å². The first kappa shape index (κ1) is 16.8. The van der Waals surface area contributed by atoms with Crippen LogP contribution in [-0.2, 0) is 16.6 Å². The lowest BCUT2D eigenvalue weighted by Crippen LogP contribution is -2.32. The van der Waals surface area contributed by atoms with E-state index in [9.17, 15) is 8.42 Å². The molecular formula is C18H22N2O3S. The number of fused-ring (bicyclic) bond motifs is 1. The third-order valence-electron chi connectivity index (χ3n) is 4.22. The summed E-state index contributed by atoms with van der Waals surface area (Å²) >= 11 is 0. The molecule has 1 aliphatic heterocycles. The van der Waals surface area contributed by atoms with E-state index < -0.39 is 10.0 Å². The normalized spacial score (nSPS) is 14.4. The summed E-state index contributed by atoms with van der Waals surface area (Å²) < 4.78 is 33.1. The van der Waals surface area contributed by atoms with Crippen LogP contribution in [0.1, 0.15) is 12.5 Å². The minimum absolute atomic E-state index is 0.302. The van der Waals surface area contributed by atoms with Gasteiger partial charge >= 0.3 is 0 Å².